The number of hydrogen-bond acceptors (Lipinski definition) is 15. The molecule has 0 radical (unpaired) electrons. The number of aliphatic hydroxyl groups is 1. The number of hydrogen-bond donors (Lipinski definition) is 3. The molecule has 0 rings (SSSR count). The summed E-state index contributed by atoms with van der Waals surface area (Å²) in [5.41, 5.74) is 0. The molecule has 0 fully saturated rings. The number of esters is 4. The van der Waals surface area contributed by atoms with E-state index in [9.17, 15) is 43.2 Å². The lowest BCUT2D eigenvalue weighted by Gasteiger charge is -2.21. The lowest BCUT2D eigenvalue weighted by molar-refractivity contribution is -0.161. The molecule has 7 atom stereocenters. The summed E-state index contributed by atoms with van der Waals surface area (Å²) in [6, 6.07) is 0. The third-order valence-corrected chi connectivity index (χ3v) is 18.2. The molecular weight excluding hydrogens is 1150 g/mol. The average molecular weight is 1280 g/mol. The van der Waals surface area contributed by atoms with Gasteiger partial charge in [-0.3, -0.25) is 37.3 Å². The van der Waals surface area contributed by atoms with E-state index in [1.54, 1.807) is 0 Å². The third kappa shape index (κ3) is 60.1. The van der Waals surface area contributed by atoms with Crippen LogP contribution in [0.4, 0.5) is 0 Å². The number of phosphoric ester groups is 2. The molecule has 0 amide bonds. The zero-order valence-corrected chi connectivity index (χ0v) is 58.4. The van der Waals surface area contributed by atoms with E-state index in [1.165, 1.54) is 128 Å². The van der Waals surface area contributed by atoms with Crippen molar-refractivity contribution in [1.82, 2.24) is 0 Å². The highest BCUT2D eigenvalue weighted by atomic mass is 31.2. The van der Waals surface area contributed by atoms with Crippen LogP contribution in [0.1, 0.15) is 331 Å². The Morgan fingerprint density at radius 2 is 0.552 bits per heavy atom. The molecular formula is C68H132O17P2. The van der Waals surface area contributed by atoms with Crippen LogP contribution in [0.15, 0.2) is 0 Å². The van der Waals surface area contributed by atoms with E-state index in [0.717, 1.165) is 114 Å². The van der Waals surface area contributed by atoms with Crippen LogP contribution in [0, 0.1) is 23.7 Å². The topological polar surface area (TPSA) is 237 Å². The minimum atomic E-state index is -4.95. The predicted molar refractivity (Wildman–Crippen MR) is 349 cm³/mol. The maximum Gasteiger partial charge on any atom is 0.472 e. The van der Waals surface area contributed by atoms with Crippen molar-refractivity contribution >= 4 is 39.5 Å². The molecule has 87 heavy (non-hydrogen) atoms. The van der Waals surface area contributed by atoms with Crippen molar-refractivity contribution in [1.29, 1.82) is 0 Å². The molecule has 0 aromatic heterocycles. The maximum absolute atomic E-state index is 13.0. The monoisotopic (exact) mass is 1280 g/mol. The molecule has 0 saturated heterocycles. The van der Waals surface area contributed by atoms with Crippen LogP contribution < -0.4 is 0 Å². The highest BCUT2D eigenvalue weighted by Gasteiger charge is 2.30. The Bertz CT molecular complexity index is 1730. The Hall–Kier alpha value is -1.94. The lowest BCUT2D eigenvalue weighted by atomic mass is 9.99. The number of rotatable bonds is 65. The summed E-state index contributed by atoms with van der Waals surface area (Å²) >= 11 is 0. The van der Waals surface area contributed by atoms with Crippen molar-refractivity contribution in [2.24, 2.45) is 23.7 Å². The van der Waals surface area contributed by atoms with Gasteiger partial charge in [0.15, 0.2) is 12.2 Å². The standard InChI is InChI=1S/C68H132O17P2/c1-9-60(7)46-38-30-22-16-12-14-18-24-34-42-50-67(72)84-64(55-79-66(71)49-41-33-27-26-31-39-47-61(8)10-2)57-83-87(76,77)81-53-62(69)52-80-86(74,75)82-56-63(85-68(73)51-43-35-25-19-21-29-37-45-59(5)6)54-78-65(70)48-40-32-23-17-13-11-15-20-28-36-44-58(3)4/h58-64,69H,9-57H2,1-8H3,(H,74,75)(H,76,77)/t60?,61?,62-,63-,64-/m1/s1. The third-order valence-electron chi connectivity index (χ3n) is 16.3. The van der Waals surface area contributed by atoms with Gasteiger partial charge < -0.3 is 33.8 Å². The van der Waals surface area contributed by atoms with Gasteiger partial charge in [-0.2, -0.15) is 0 Å². The van der Waals surface area contributed by atoms with Crippen LogP contribution >= 0.6 is 15.6 Å². The first-order valence-corrected chi connectivity index (χ1v) is 38.3. The Kier molecular flexibility index (Phi) is 56.6. The smallest absolute Gasteiger partial charge is 0.462 e. The molecule has 17 nitrogen and oxygen atoms in total. The van der Waals surface area contributed by atoms with E-state index in [2.05, 4.69) is 55.4 Å². The van der Waals surface area contributed by atoms with Gasteiger partial charge in [0.2, 0.25) is 0 Å². The van der Waals surface area contributed by atoms with Crippen molar-refractivity contribution in [3.63, 3.8) is 0 Å². The summed E-state index contributed by atoms with van der Waals surface area (Å²) in [5.74, 6) is 0.853. The van der Waals surface area contributed by atoms with Gasteiger partial charge in [-0.15, -0.1) is 0 Å². The van der Waals surface area contributed by atoms with Gasteiger partial charge in [0.05, 0.1) is 26.4 Å². The van der Waals surface area contributed by atoms with Gasteiger partial charge in [-0.05, 0) is 49.4 Å². The van der Waals surface area contributed by atoms with Gasteiger partial charge in [0, 0.05) is 25.7 Å². The first kappa shape index (κ1) is 85.1. The number of unbranched alkanes of at least 4 members (excludes halogenated alkanes) is 29. The summed E-state index contributed by atoms with van der Waals surface area (Å²) in [7, 11) is -9.90. The summed E-state index contributed by atoms with van der Waals surface area (Å²) in [6.45, 7) is 14.0. The van der Waals surface area contributed by atoms with Crippen LogP contribution in [-0.4, -0.2) is 96.7 Å². The van der Waals surface area contributed by atoms with Crippen molar-refractivity contribution in [2.45, 2.75) is 350 Å². The number of carbonyl (C=O) groups is 4. The van der Waals surface area contributed by atoms with E-state index in [4.69, 9.17) is 37.0 Å². The second-order valence-corrected chi connectivity index (χ2v) is 28.9. The number of phosphoric acid groups is 2. The number of ether oxygens (including phenoxy) is 4. The molecule has 0 aliphatic heterocycles. The first-order valence-electron chi connectivity index (χ1n) is 35.3. The van der Waals surface area contributed by atoms with Crippen LogP contribution in [0.25, 0.3) is 0 Å². The van der Waals surface area contributed by atoms with Gasteiger partial charge >= 0.3 is 39.5 Å². The molecule has 3 N–H and O–H groups in total. The van der Waals surface area contributed by atoms with Gasteiger partial charge in [0.1, 0.15) is 19.3 Å². The maximum atomic E-state index is 13.0. The molecule has 0 saturated carbocycles. The van der Waals surface area contributed by atoms with Crippen LogP contribution in [0.3, 0.4) is 0 Å². The van der Waals surface area contributed by atoms with E-state index >= 15 is 0 Å². The molecule has 0 bridgehead atoms. The Morgan fingerprint density at radius 3 is 0.816 bits per heavy atom. The lowest BCUT2D eigenvalue weighted by Crippen LogP contribution is -2.30. The molecule has 0 aliphatic carbocycles. The summed E-state index contributed by atoms with van der Waals surface area (Å²) < 4.78 is 68.2. The fourth-order valence-corrected chi connectivity index (χ4v) is 11.7. The highest BCUT2D eigenvalue weighted by Crippen LogP contribution is 2.45. The van der Waals surface area contributed by atoms with Gasteiger partial charge in [-0.25, -0.2) is 9.13 Å². The average Bonchev–Trinajstić information content (AvgIpc) is 3.52. The molecule has 19 heteroatoms. The van der Waals surface area contributed by atoms with Crippen molar-refractivity contribution in [3.8, 4) is 0 Å². The SMILES string of the molecule is CCC(C)CCCCCCCCCCCCC(=O)O[C@H](COC(=O)CCCCCCCCC(C)CC)COP(=O)(O)OC[C@H](O)COP(=O)(O)OC[C@@H](COC(=O)CCCCCCCCCCCCC(C)C)OC(=O)CCCCCCCCCC(C)C. The van der Waals surface area contributed by atoms with Crippen LogP contribution in [0.2, 0.25) is 0 Å². The number of carbonyl (C=O) groups excluding carboxylic acids is 4. The fraction of sp³-hybridized carbons (Fsp3) is 0.941. The zero-order chi connectivity index (χ0) is 64.7. The van der Waals surface area contributed by atoms with Crippen molar-refractivity contribution < 1.29 is 80.2 Å². The Balaban J connectivity index is 5.25. The van der Waals surface area contributed by atoms with E-state index < -0.39 is 97.5 Å². The normalized spacial score (nSPS) is 15.0. The minimum Gasteiger partial charge on any atom is -0.462 e. The first-order chi connectivity index (χ1) is 41.7. The van der Waals surface area contributed by atoms with E-state index in [1.807, 2.05) is 0 Å². The largest absolute Gasteiger partial charge is 0.472 e. The molecule has 0 aliphatic rings. The van der Waals surface area contributed by atoms with E-state index in [0.29, 0.717) is 31.6 Å². The molecule has 0 aromatic carbocycles. The van der Waals surface area contributed by atoms with E-state index in [-0.39, 0.29) is 25.7 Å². The molecule has 0 spiro atoms. The summed E-state index contributed by atoms with van der Waals surface area (Å²) in [4.78, 5) is 72.4. The molecule has 4 unspecified atom stereocenters. The Morgan fingerprint density at radius 1 is 0.322 bits per heavy atom. The second kappa shape index (κ2) is 57.9. The predicted octanol–water partition coefficient (Wildman–Crippen LogP) is 18.9. The quantitative estimate of drug-likeness (QED) is 0.0222. The van der Waals surface area contributed by atoms with Crippen molar-refractivity contribution in [2.75, 3.05) is 39.6 Å². The Labute approximate surface area is 530 Å². The van der Waals surface area contributed by atoms with Gasteiger partial charge in [-0.1, -0.05) is 280 Å². The minimum absolute atomic E-state index is 0.103. The second-order valence-electron chi connectivity index (χ2n) is 26.0. The molecule has 0 aromatic rings. The van der Waals surface area contributed by atoms with Crippen LogP contribution in [-0.2, 0) is 65.4 Å². The zero-order valence-electron chi connectivity index (χ0n) is 56.6. The molecule has 516 valence electrons. The van der Waals surface area contributed by atoms with Gasteiger partial charge in [0.25, 0.3) is 0 Å². The van der Waals surface area contributed by atoms with Crippen LogP contribution in [0.5, 0.6) is 0 Å². The molecule has 0 heterocycles. The number of aliphatic hydroxyl groups excluding tert-OH is 1. The highest BCUT2D eigenvalue weighted by molar-refractivity contribution is 7.47. The summed E-state index contributed by atoms with van der Waals surface area (Å²) in [6.07, 6.45) is 39.0. The van der Waals surface area contributed by atoms with Crippen molar-refractivity contribution in [3.05, 3.63) is 0 Å². The fourth-order valence-electron chi connectivity index (χ4n) is 10.1. The summed E-state index contributed by atoms with van der Waals surface area (Å²) in [5, 5.41) is 10.6.